The minimum atomic E-state index is 0.838. The van der Waals surface area contributed by atoms with E-state index in [1.807, 2.05) is 18.2 Å². The molecule has 230 valence electrons. The molecule has 2 heterocycles. The molecule has 3 heteroatoms. The number of para-hydroxylation sites is 2. The lowest BCUT2D eigenvalue weighted by Gasteiger charge is -2.25. The Hall–Kier alpha value is -6.58. The third-order valence-corrected chi connectivity index (χ3v) is 9.66. The van der Waals surface area contributed by atoms with Crippen LogP contribution in [0, 0.1) is 0 Å². The van der Waals surface area contributed by atoms with Gasteiger partial charge >= 0.3 is 0 Å². The number of nitrogens with zero attached hydrogens (tertiary/aromatic N) is 1. The van der Waals surface area contributed by atoms with Crippen molar-refractivity contribution in [2.24, 2.45) is 0 Å². The molecule has 0 N–H and O–H groups in total. The summed E-state index contributed by atoms with van der Waals surface area (Å²) in [4.78, 5) is 2.28. The Bertz CT molecular complexity index is 2810. The molecule has 8 aromatic carbocycles. The summed E-state index contributed by atoms with van der Waals surface area (Å²) in [6, 6.07) is 61.9. The van der Waals surface area contributed by atoms with Gasteiger partial charge in [-0.1, -0.05) is 127 Å². The van der Waals surface area contributed by atoms with Crippen LogP contribution in [0.15, 0.2) is 185 Å². The van der Waals surface area contributed by atoms with Gasteiger partial charge in [0.15, 0.2) is 5.58 Å². The van der Waals surface area contributed by atoms with Gasteiger partial charge in [-0.05, 0) is 70.1 Å². The van der Waals surface area contributed by atoms with Crippen LogP contribution in [0.3, 0.4) is 0 Å². The first kappa shape index (κ1) is 27.5. The minimum absolute atomic E-state index is 0.838. The fourth-order valence-corrected chi connectivity index (χ4v) is 7.35. The van der Waals surface area contributed by atoms with Crippen molar-refractivity contribution in [3.63, 3.8) is 0 Å². The largest absolute Gasteiger partial charge is 0.456 e. The van der Waals surface area contributed by atoms with Crippen molar-refractivity contribution in [1.82, 2.24) is 0 Å². The summed E-state index contributed by atoms with van der Waals surface area (Å²) >= 11 is 0. The highest BCUT2D eigenvalue weighted by atomic mass is 16.3. The van der Waals surface area contributed by atoms with Gasteiger partial charge < -0.3 is 13.7 Å². The number of hydrogen-bond donors (Lipinski definition) is 0. The zero-order valence-corrected chi connectivity index (χ0v) is 26.5. The molecule has 0 aliphatic carbocycles. The van der Waals surface area contributed by atoms with Gasteiger partial charge in [-0.3, -0.25) is 0 Å². The van der Waals surface area contributed by atoms with Crippen LogP contribution in [0.2, 0.25) is 0 Å². The molecule has 3 nitrogen and oxygen atoms in total. The Balaban J connectivity index is 1.22. The molecule has 0 atom stereocenters. The number of anilines is 3. The zero-order valence-electron chi connectivity index (χ0n) is 26.5. The van der Waals surface area contributed by atoms with E-state index in [0.29, 0.717) is 0 Å². The van der Waals surface area contributed by atoms with E-state index >= 15 is 0 Å². The molecular weight excluding hydrogens is 599 g/mol. The SMILES string of the molecule is c1ccc(-c2ccc(N(c3ccc4c(c3)oc3ccccc34)c3cccc4c3oc3c5ccccc5c(-c5ccccc5)cc43)cc2)cc1. The van der Waals surface area contributed by atoms with Crippen LogP contribution in [-0.2, 0) is 0 Å². The summed E-state index contributed by atoms with van der Waals surface area (Å²) in [6.45, 7) is 0. The molecule has 0 spiro atoms. The Morgan fingerprint density at radius 1 is 0.327 bits per heavy atom. The second kappa shape index (κ2) is 11.0. The van der Waals surface area contributed by atoms with Crippen molar-refractivity contribution in [3.05, 3.63) is 176 Å². The fraction of sp³-hybridized carbons (Fsp3) is 0. The quantitative estimate of drug-likeness (QED) is 0.190. The third kappa shape index (κ3) is 4.44. The van der Waals surface area contributed by atoms with Gasteiger partial charge in [0.2, 0.25) is 0 Å². The van der Waals surface area contributed by atoms with Gasteiger partial charge in [-0.2, -0.15) is 0 Å². The average molecular weight is 628 g/mol. The topological polar surface area (TPSA) is 29.5 Å². The summed E-state index contributed by atoms with van der Waals surface area (Å²) in [6.07, 6.45) is 0. The van der Waals surface area contributed by atoms with E-state index in [-0.39, 0.29) is 0 Å². The molecule has 0 saturated heterocycles. The number of benzene rings is 8. The van der Waals surface area contributed by atoms with Crippen molar-refractivity contribution < 1.29 is 8.83 Å². The van der Waals surface area contributed by atoms with Crippen LogP contribution in [0.4, 0.5) is 17.1 Å². The maximum absolute atomic E-state index is 6.98. The van der Waals surface area contributed by atoms with Crippen LogP contribution in [-0.4, -0.2) is 0 Å². The molecule has 0 unspecified atom stereocenters. The Labute approximate surface area is 282 Å². The first-order chi connectivity index (χ1) is 24.3. The summed E-state index contributed by atoms with van der Waals surface area (Å²) < 4.78 is 13.4. The number of furan rings is 2. The molecule has 2 aromatic heterocycles. The molecule has 0 fully saturated rings. The molecule has 49 heavy (non-hydrogen) atoms. The molecular formula is C46H29NO2. The van der Waals surface area contributed by atoms with E-state index in [4.69, 9.17) is 8.83 Å². The normalized spacial score (nSPS) is 11.7. The molecule has 0 aliphatic heterocycles. The Morgan fingerprint density at radius 2 is 0.918 bits per heavy atom. The van der Waals surface area contributed by atoms with E-state index in [2.05, 4.69) is 163 Å². The van der Waals surface area contributed by atoms with Gasteiger partial charge in [-0.25, -0.2) is 0 Å². The first-order valence-electron chi connectivity index (χ1n) is 16.6. The molecule has 0 aliphatic rings. The first-order valence-corrected chi connectivity index (χ1v) is 16.6. The maximum atomic E-state index is 6.98. The average Bonchev–Trinajstić information content (AvgIpc) is 3.74. The van der Waals surface area contributed by atoms with Crippen LogP contribution < -0.4 is 4.90 Å². The molecule has 0 radical (unpaired) electrons. The van der Waals surface area contributed by atoms with Crippen LogP contribution in [0.25, 0.3) is 76.9 Å². The van der Waals surface area contributed by atoms with Gasteiger partial charge in [0.1, 0.15) is 16.7 Å². The van der Waals surface area contributed by atoms with Crippen molar-refractivity contribution in [3.8, 4) is 22.3 Å². The standard InChI is InChI=1S/C46H29NO2/c1-3-12-30(13-4-1)31-22-24-33(25-23-31)47(34-26-27-37-36-17-9-10-21-43(36)48-44(37)28-34)42-20-11-19-39-41-29-40(32-14-5-2-6-15-32)35-16-7-8-18-38(35)45(41)49-46(39)42/h1-29H. The van der Waals surface area contributed by atoms with Crippen LogP contribution in [0.5, 0.6) is 0 Å². The van der Waals surface area contributed by atoms with Crippen LogP contribution in [0.1, 0.15) is 0 Å². The lowest BCUT2D eigenvalue weighted by Crippen LogP contribution is -2.10. The maximum Gasteiger partial charge on any atom is 0.159 e. The molecule has 0 amide bonds. The molecule has 0 bridgehead atoms. The molecule has 10 rings (SSSR count). The third-order valence-electron chi connectivity index (χ3n) is 9.66. The van der Waals surface area contributed by atoms with E-state index in [1.54, 1.807) is 0 Å². The number of fused-ring (bicyclic) bond motifs is 8. The number of hydrogen-bond acceptors (Lipinski definition) is 3. The van der Waals surface area contributed by atoms with E-state index < -0.39 is 0 Å². The van der Waals surface area contributed by atoms with Crippen molar-refractivity contribution in [2.75, 3.05) is 4.90 Å². The van der Waals surface area contributed by atoms with Gasteiger partial charge in [0.25, 0.3) is 0 Å². The summed E-state index contributed by atoms with van der Waals surface area (Å²) in [5.41, 5.74) is 11.2. The van der Waals surface area contributed by atoms with Crippen LogP contribution >= 0.6 is 0 Å². The van der Waals surface area contributed by atoms with E-state index in [0.717, 1.165) is 66.3 Å². The monoisotopic (exact) mass is 627 g/mol. The molecule has 10 aromatic rings. The lowest BCUT2D eigenvalue weighted by molar-refractivity contribution is 0.668. The second-order valence-corrected chi connectivity index (χ2v) is 12.5. The smallest absolute Gasteiger partial charge is 0.159 e. The summed E-state index contributed by atoms with van der Waals surface area (Å²) in [5, 5.41) is 6.66. The number of rotatable bonds is 5. The summed E-state index contributed by atoms with van der Waals surface area (Å²) in [5.74, 6) is 0. The van der Waals surface area contributed by atoms with Crippen molar-refractivity contribution >= 4 is 71.7 Å². The van der Waals surface area contributed by atoms with E-state index in [1.165, 1.54) is 27.6 Å². The minimum Gasteiger partial charge on any atom is -0.456 e. The predicted octanol–water partition coefficient (Wildman–Crippen LogP) is 13.4. The zero-order chi connectivity index (χ0) is 32.3. The fourth-order valence-electron chi connectivity index (χ4n) is 7.35. The highest BCUT2D eigenvalue weighted by Crippen LogP contribution is 2.46. The van der Waals surface area contributed by atoms with Crippen molar-refractivity contribution in [2.45, 2.75) is 0 Å². The second-order valence-electron chi connectivity index (χ2n) is 12.5. The molecule has 0 saturated carbocycles. The lowest BCUT2D eigenvalue weighted by atomic mass is 9.95. The highest BCUT2D eigenvalue weighted by molar-refractivity contribution is 6.21. The van der Waals surface area contributed by atoms with Gasteiger partial charge in [-0.15, -0.1) is 0 Å². The van der Waals surface area contributed by atoms with Gasteiger partial charge in [0, 0.05) is 38.7 Å². The highest BCUT2D eigenvalue weighted by Gasteiger charge is 2.22. The Kier molecular flexibility index (Phi) is 6.18. The summed E-state index contributed by atoms with van der Waals surface area (Å²) in [7, 11) is 0. The van der Waals surface area contributed by atoms with Gasteiger partial charge in [0.05, 0.1) is 11.4 Å². The predicted molar refractivity (Wildman–Crippen MR) is 204 cm³/mol. The Morgan fingerprint density at radius 3 is 1.71 bits per heavy atom. The van der Waals surface area contributed by atoms with Crippen molar-refractivity contribution in [1.29, 1.82) is 0 Å². The van der Waals surface area contributed by atoms with E-state index in [9.17, 15) is 0 Å².